The lowest BCUT2D eigenvalue weighted by Crippen LogP contribution is -2.14. The average molecular weight is 308 g/mol. The number of nitrogens with two attached hydrogens (primary N) is 1. The smallest absolute Gasteiger partial charge is 0.267 e. The van der Waals surface area contributed by atoms with E-state index < -0.39 is 10.0 Å². The molecular formula is C14H20N4O2S. The van der Waals surface area contributed by atoms with Gasteiger partial charge in [0.1, 0.15) is 4.90 Å². The first-order valence-corrected chi connectivity index (χ1v) is 8.39. The van der Waals surface area contributed by atoms with Crippen molar-refractivity contribution in [2.45, 2.75) is 38.1 Å². The van der Waals surface area contributed by atoms with Gasteiger partial charge in [0.25, 0.3) is 10.0 Å². The molecule has 0 bridgehead atoms. The SMILES string of the molecule is CCCn1cc(S(=O)(=O)Nc2cccc(CC)c2)c(N)n1. The Kier molecular flexibility index (Phi) is 4.52. The van der Waals surface area contributed by atoms with Gasteiger partial charge in [0.05, 0.1) is 0 Å². The molecule has 2 rings (SSSR count). The number of hydrogen-bond donors (Lipinski definition) is 2. The van der Waals surface area contributed by atoms with Crippen molar-refractivity contribution in [3.05, 3.63) is 36.0 Å². The van der Waals surface area contributed by atoms with Crippen LogP contribution in [0.5, 0.6) is 0 Å². The van der Waals surface area contributed by atoms with Crippen molar-refractivity contribution in [1.29, 1.82) is 0 Å². The topological polar surface area (TPSA) is 90.0 Å². The number of nitrogens with zero attached hydrogens (tertiary/aromatic N) is 2. The van der Waals surface area contributed by atoms with E-state index in [1.807, 2.05) is 32.0 Å². The van der Waals surface area contributed by atoms with E-state index in [0.717, 1.165) is 18.4 Å². The third-order valence-electron chi connectivity index (χ3n) is 3.08. The molecular weight excluding hydrogens is 288 g/mol. The Bertz CT molecular complexity index is 722. The van der Waals surface area contributed by atoms with Gasteiger partial charge in [-0.2, -0.15) is 5.10 Å². The molecule has 1 aromatic carbocycles. The molecule has 7 heteroatoms. The van der Waals surface area contributed by atoms with E-state index in [0.29, 0.717) is 12.2 Å². The summed E-state index contributed by atoms with van der Waals surface area (Å²) in [6.45, 7) is 4.63. The molecule has 114 valence electrons. The minimum Gasteiger partial charge on any atom is -0.381 e. The highest BCUT2D eigenvalue weighted by molar-refractivity contribution is 7.92. The van der Waals surface area contributed by atoms with Crippen LogP contribution in [-0.4, -0.2) is 18.2 Å². The normalized spacial score (nSPS) is 11.5. The summed E-state index contributed by atoms with van der Waals surface area (Å²) in [5.74, 6) is 0.0163. The second-order valence-corrected chi connectivity index (χ2v) is 6.45. The van der Waals surface area contributed by atoms with Crippen LogP contribution in [0, 0.1) is 0 Å². The summed E-state index contributed by atoms with van der Waals surface area (Å²) in [4.78, 5) is 0.0119. The Morgan fingerprint density at radius 2 is 2.10 bits per heavy atom. The summed E-state index contributed by atoms with van der Waals surface area (Å²) >= 11 is 0. The van der Waals surface area contributed by atoms with Crippen molar-refractivity contribution in [2.24, 2.45) is 0 Å². The largest absolute Gasteiger partial charge is 0.381 e. The molecule has 0 unspecified atom stereocenters. The quantitative estimate of drug-likeness (QED) is 0.856. The first kappa shape index (κ1) is 15.4. The van der Waals surface area contributed by atoms with E-state index in [1.54, 1.807) is 10.7 Å². The predicted molar refractivity (Wildman–Crippen MR) is 83.6 cm³/mol. The fourth-order valence-electron chi connectivity index (χ4n) is 2.03. The summed E-state index contributed by atoms with van der Waals surface area (Å²) in [7, 11) is -3.72. The molecule has 1 heterocycles. The van der Waals surface area contributed by atoms with Crippen molar-refractivity contribution in [3.63, 3.8) is 0 Å². The van der Waals surface area contributed by atoms with Crippen molar-refractivity contribution >= 4 is 21.5 Å². The van der Waals surface area contributed by atoms with Gasteiger partial charge in [-0.1, -0.05) is 26.0 Å². The number of rotatable bonds is 6. The molecule has 0 atom stereocenters. The minimum absolute atomic E-state index is 0.0119. The molecule has 0 spiro atoms. The Morgan fingerprint density at radius 1 is 1.33 bits per heavy atom. The second kappa shape index (κ2) is 6.17. The third-order valence-corrected chi connectivity index (χ3v) is 4.48. The van der Waals surface area contributed by atoms with E-state index in [-0.39, 0.29) is 10.7 Å². The number of aryl methyl sites for hydroxylation is 2. The van der Waals surface area contributed by atoms with Crippen molar-refractivity contribution in [2.75, 3.05) is 10.5 Å². The van der Waals surface area contributed by atoms with Crippen molar-refractivity contribution < 1.29 is 8.42 Å². The van der Waals surface area contributed by atoms with Gasteiger partial charge in [0, 0.05) is 18.4 Å². The maximum absolute atomic E-state index is 12.4. The highest BCUT2D eigenvalue weighted by atomic mass is 32.2. The number of aromatic nitrogens is 2. The Morgan fingerprint density at radius 3 is 2.76 bits per heavy atom. The fraction of sp³-hybridized carbons (Fsp3) is 0.357. The van der Waals surface area contributed by atoms with Crippen LogP contribution in [0.2, 0.25) is 0 Å². The van der Waals surface area contributed by atoms with Crippen molar-refractivity contribution in [1.82, 2.24) is 9.78 Å². The molecule has 0 aliphatic carbocycles. The van der Waals surface area contributed by atoms with Crippen LogP contribution in [0.4, 0.5) is 11.5 Å². The number of nitrogen functional groups attached to an aromatic ring is 1. The zero-order valence-corrected chi connectivity index (χ0v) is 13.0. The van der Waals surface area contributed by atoms with Gasteiger partial charge in [0.2, 0.25) is 0 Å². The Labute approximate surface area is 125 Å². The number of sulfonamides is 1. The fourth-order valence-corrected chi connectivity index (χ4v) is 3.16. The lowest BCUT2D eigenvalue weighted by atomic mass is 10.1. The van der Waals surface area contributed by atoms with Crippen LogP contribution in [0.3, 0.4) is 0 Å². The van der Waals surface area contributed by atoms with E-state index in [4.69, 9.17) is 5.73 Å². The zero-order valence-electron chi connectivity index (χ0n) is 12.2. The van der Waals surface area contributed by atoms with Crippen LogP contribution in [0.1, 0.15) is 25.8 Å². The minimum atomic E-state index is -3.72. The summed E-state index contributed by atoms with van der Waals surface area (Å²) < 4.78 is 28.9. The summed E-state index contributed by atoms with van der Waals surface area (Å²) in [6.07, 6.45) is 3.16. The van der Waals surface area contributed by atoms with Gasteiger partial charge >= 0.3 is 0 Å². The summed E-state index contributed by atoms with van der Waals surface area (Å²) in [6, 6.07) is 7.29. The molecule has 0 amide bonds. The van der Waals surface area contributed by atoms with Crippen LogP contribution >= 0.6 is 0 Å². The molecule has 0 saturated carbocycles. The number of nitrogens with one attached hydrogen (secondary N) is 1. The van der Waals surface area contributed by atoms with E-state index in [2.05, 4.69) is 9.82 Å². The highest BCUT2D eigenvalue weighted by Gasteiger charge is 2.21. The maximum Gasteiger partial charge on any atom is 0.267 e. The van der Waals surface area contributed by atoms with Crippen LogP contribution in [0.15, 0.2) is 35.4 Å². The molecule has 0 saturated heterocycles. The van der Waals surface area contributed by atoms with E-state index >= 15 is 0 Å². The Balaban J connectivity index is 2.29. The molecule has 0 radical (unpaired) electrons. The predicted octanol–water partition coefficient (Wildman–Crippen LogP) is 2.24. The monoisotopic (exact) mass is 308 g/mol. The molecule has 1 aromatic heterocycles. The molecule has 0 aliphatic heterocycles. The molecule has 21 heavy (non-hydrogen) atoms. The van der Waals surface area contributed by atoms with Gasteiger partial charge < -0.3 is 5.73 Å². The lowest BCUT2D eigenvalue weighted by molar-refractivity contribution is 0.595. The Hall–Kier alpha value is -2.02. The summed E-state index contributed by atoms with van der Waals surface area (Å²) in [5, 5.41) is 4.02. The zero-order chi connectivity index (χ0) is 15.5. The third kappa shape index (κ3) is 3.55. The molecule has 3 N–H and O–H groups in total. The number of anilines is 2. The number of benzene rings is 1. The van der Waals surface area contributed by atoms with E-state index in [1.165, 1.54) is 6.20 Å². The van der Waals surface area contributed by atoms with Crippen LogP contribution in [-0.2, 0) is 23.0 Å². The average Bonchev–Trinajstić information content (AvgIpc) is 2.81. The first-order valence-electron chi connectivity index (χ1n) is 6.91. The second-order valence-electron chi connectivity index (χ2n) is 4.80. The molecule has 0 fully saturated rings. The van der Waals surface area contributed by atoms with Gasteiger partial charge in [-0.25, -0.2) is 8.42 Å². The highest BCUT2D eigenvalue weighted by Crippen LogP contribution is 2.21. The van der Waals surface area contributed by atoms with Gasteiger partial charge in [-0.3, -0.25) is 9.40 Å². The van der Waals surface area contributed by atoms with Gasteiger partial charge in [-0.15, -0.1) is 0 Å². The van der Waals surface area contributed by atoms with E-state index in [9.17, 15) is 8.42 Å². The standard InChI is InChI=1S/C14H20N4O2S/c1-3-8-18-10-13(14(15)16-18)21(19,20)17-12-7-5-6-11(4-2)9-12/h5-7,9-10,17H,3-4,8H2,1-2H3,(H2,15,16). The summed E-state index contributed by atoms with van der Waals surface area (Å²) in [5.41, 5.74) is 7.30. The van der Waals surface area contributed by atoms with Gasteiger partial charge in [-0.05, 0) is 30.5 Å². The lowest BCUT2D eigenvalue weighted by Gasteiger charge is -2.08. The number of hydrogen-bond acceptors (Lipinski definition) is 4. The maximum atomic E-state index is 12.4. The van der Waals surface area contributed by atoms with Crippen LogP contribution < -0.4 is 10.5 Å². The first-order chi connectivity index (χ1) is 9.96. The van der Waals surface area contributed by atoms with Gasteiger partial charge in [0.15, 0.2) is 5.82 Å². The van der Waals surface area contributed by atoms with Crippen LogP contribution in [0.25, 0.3) is 0 Å². The van der Waals surface area contributed by atoms with Crippen molar-refractivity contribution in [3.8, 4) is 0 Å². The molecule has 0 aliphatic rings. The molecule has 6 nitrogen and oxygen atoms in total. The molecule has 2 aromatic rings.